The molecule has 1 fully saturated rings. The highest BCUT2D eigenvalue weighted by Gasteiger charge is 2.45. The summed E-state index contributed by atoms with van der Waals surface area (Å²) in [5.74, 6) is 0.469. The summed E-state index contributed by atoms with van der Waals surface area (Å²) in [5, 5.41) is 23.3. The number of hydrogen-bond acceptors (Lipinski definition) is 10. The van der Waals surface area contributed by atoms with E-state index >= 15 is 0 Å². The van der Waals surface area contributed by atoms with Gasteiger partial charge in [0.05, 0.1) is 55.2 Å². The zero-order valence-electron chi connectivity index (χ0n) is 23.8. The first-order valence-corrected chi connectivity index (χ1v) is 13.5. The van der Waals surface area contributed by atoms with E-state index in [2.05, 4.69) is 0 Å². The highest BCUT2D eigenvalue weighted by molar-refractivity contribution is 6.06. The number of anilines is 1. The van der Waals surface area contributed by atoms with Gasteiger partial charge >= 0.3 is 6.09 Å². The maximum atomic E-state index is 13.7. The van der Waals surface area contributed by atoms with Crippen LogP contribution in [0.3, 0.4) is 0 Å². The first-order chi connectivity index (χ1) is 20.8. The molecule has 3 aromatic carbocycles. The van der Waals surface area contributed by atoms with E-state index in [-0.39, 0.29) is 58.0 Å². The third-order valence-electron chi connectivity index (χ3n) is 7.51. The summed E-state index contributed by atoms with van der Waals surface area (Å²) < 4.78 is 27.5. The summed E-state index contributed by atoms with van der Waals surface area (Å²) >= 11 is 0. The normalized spacial score (nSPS) is 17.4. The molecule has 0 radical (unpaired) electrons. The van der Waals surface area contributed by atoms with Crippen LogP contribution in [-0.4, -0.2) is 67.1 Å². The second kappa shape index (κ2) is 12.4. The fourth-order valence-corrected chi connectivity index (χ4v) is 5.36. The van der Waals surface area contributed by atoms with E-state index in [0.29, 0.717) is 19.4 Å². The van der Waals surface area contributed by atoms with Gasteiger partial charge in [-0.3, -0.25) is 14.9 Å². The van der Waals surface area contributed by atoms with Crippen molar-refractivity contribution in [1.82, 2.24) is 4.90 Å². The average molecular weight is 594 g/mol. The molecule has 0 aliphatic carbocycles. The second-order valence-electron chi connectivity index (χ2n) is 9.93. The molecule has 0 aromatic heterocycles. The van der Waals surface area contributed by atoms with Gasteiger partial charge in [0.25, 0.3) is 11.6 Å². The Morgan fingerprint density at radius 3 is 2.33 bits per heavy atom. The molecule has 2 unspecified atom stereocenters. The van der Waals surface area contributed by atoms with Crippen LogP contribution in [-0.2, 0) is 18.0 Å². The number of nitro benzene ring substituents is 1. The molecule has 226 valence electrons. The van der Waals surface area contributed by atoms with Gasteiger partial charge in [-0.05, 0) is 30.5 Å². The molecule has 2 aliphatic heterocycles. The molecule has 2 atom stereocenters. The Hall–Kier alpha value is -5.04. The van der Waals surface area contributed by atoms with Crippen molar-refractivity contribution in [3.63, 3.8) is 0 Å². The standard InChI is InChI=1S/C30H31N3O10/c1-39-24-12-19(22(33(37)38)14-26(24)41-3)17-43-30(36)32-23-15-27(42-16-18-8-5-4-6-9-18)25(40-2)13-20(23)28(34)31-11-7-10-21(31)29(32)35/h4-6,8-9,12-15,21,29,35H,7,10-11,16-17H2,1-3H3. The number of benzene rings is 3. The SMILES string of the molecule is COc1cc(COC(=O)N2c3cc(OCc4ccccc4)c(OC)cc3C(=O)N3CCCC3C2O)c([N+](=O)[O-])cc1OC. The molecule has 0 saturated carbocycles. The first kappa shape index (κ1) is 29.5. The lowest BCUT2D eigenvalue weighted by Gasteiger charge is -2.31. The molecule has 1 N–H and O–H groups in total. The van der Waals surface area contributed by atoms with Gasteiger partial charge in [-0.25, -0.2) is 9.69 Å². The second-order valence-corrected chi connectivity index (χ2v) is 9.93. The highest BCUT2D eigenvalue weighted by atomic mass is 16.6. The Labute approximate surface area is 247 Å². The Morgan fingerprint density at radius 2 is 1.65 bits per heavy atom. The van der Waals surface area contributed by atoms with Crippen molar-refractivity contribution < 1.29 is 43.3 Å². The van der Waals surface area contributed by atoms with Crippen LogP contribution < -0.4 is 23.8 Å². The Bertz CT molecular complexity index is 1530. The van der Waals surface area contributed by atoms with Crippen molar-refractivity contribution in [3.05, 3.63) is 81.4 Å². The number of fused-ring (bicyclic) bond motifs is 2. The van der Waals surface area contributed by atoms with Crippen LogP contribution in [0.4, 0.5) is 16.2 Å². The number of amides is 2. The van der Waals surface area contributed by atoms with Crippen LogP contribution in [0.1, 0.15) is 34.3 Å². The van der Waals surface area contributed by atoms with Gasteiger partial charge in [-0.15, -0.1) is 0 Å². The van der Waals surface area contributed by atoms with Crippen molar-refractivity contribution >= 4 is 23.4 Å². The predicted octanol–water partition coefficient (Wildman–Crippen LogP) is 4.28. The van der Waals surface area contributed by atoms with E-state index < -0.39 is 29.9 Å². The van der Waals surface area contributed by atoms with Gasteiger partial charge in [0, 0.05) is 12.6 Å². The minimum atomic E-state index is -1.46. The Balaban J connectivity index is 1.52. The van der Waals surface area contributed by atoms with Crippen molar-refractivity contribution in [3.8, 4) is 23.0 Å². The summed E-state index contributed by atoms with van der Waals surface area (Å²) in [6.07, 6.45) is -1.38. The molecule has 1 saturated heterocycles. The van der Waals surface area contributed by atoms with Crippen LogP contribution in [0.25, 0.3) is 0 Å². The van der Waals surface area contributed by atoms with E-state index in [1.807, 2.05) is 30.3 Å². The molecule has 5 rings (SSSR count). The number of carbonyl (C=O) groups excluding carboxylic acids is 2. The van der Waals surface area contributed by atoms with Crippen LogP contribution in [0.15, 0.2) is 54.6 Å². The number of aliphatic hydroxyl groups excluding tert-OH is 1. The van der Waals surface area contributed by atoms with E-state index in [4.69, 9.17) is 23.7 Å². The Morgan fingerprint density at radius 1 is 0.977 bits per heavy atom. The summed E-state index contributed by atoms with van der Waals surface area (Å²) in [4.78, 5) is 41.0. The number of ether oxygens (including phenoxy) is 5. The largest absolute Gasteiger partial charge is 0.493 e. The van der Waals surface area contributed by atoms with Crippen molar-refractivity contribution in [2.45, 2.75) is 38.3 Å². The van der Waals surface area contributed by atoms with Gasteiger partial charge < -0.3 is 33.7 Å². The maximum absolute atomic E-state index is 13.7. The van der Waals surface area contributed by atoms with Crippen LogP contribution in [0.5, 0.6) is 23.0 Å². The quantitative estimate of drug-likeness (QED) is 0.281. The molecular formula is C30H31N3O10. The topological polar surface area (TPSA) is 150 Å². The monoisotopic (exact) mass is 593 g/mol. The maximum Gasteiger partial charge on any atom is 0.416 e. The van der Waals surface area contributed by atoms with E-state index in [1.165, 1.54) is 50.5 Å². The minimum Gasteiger partial charge on any atom is -0.493 e. The van der Waals surface area contributed by atoms with Crippen LogP contribution in [0, 0.1) is 10.1 Å². The lowest BCUT2D eigenvalue weighted by molar-refractivity contribution is -0.385. The molecule has 0 bridgehead atoms. The number of methoxy groups -OCH3 is 3. The highest BCUT2D eigenvalue weighted by Crippen LogP contribution is 2.42. The number of carbonyl (C=O) groups is 2. The fourth-order valence-electron chi connectivity index (χ4n) is 5.36. The van der Waals surface area contributed by atoms with Gasteiger partial charge in [0.1, 0.15) is 13.2 Å². The van der Waals surface area contributed by atoms with Crippen molar-refractivity contribution in [1.29, 1.82) is 0 Å². The zero-order chi connectivity index (χ0) is 30.7. The molecule has 3 aromatic rings. The molecule has 13 heteroatoms. The molecule has 43 heavy (non-hydrogen) atoms. The molecule has 2 heterocycles. The van der Waals surface area contributed by atoms with E-state index in [1.54, 1.807) is 0 Å². The average Bonchev–Trinajstić information content (AvgIpc) is 3.50. The summed E-state index contributed by atoms with van der Waals surface area (Å²) in [6, 6.07) is 14.2. The molecule has 13 nitrogen and oxygen atoms in total. The van der Waals surface area contributed by atoms with Gasteiger partial charge in [0.2, 0.25) is 0 Å². The third-order valence-corrected chi connectivity index (χ3v) is 7.51. The van der Waals surface area contributed by atoms with Crippen LogP contribution in [0.2, 0.25) is 0 Å². The smallest absolute Gasteiger partial charge is 0.416 e. The molecule has 2 amide bonds. The van der Waals surface area contributed by atoms with Gasteiger partial charge in [0.15, 0.2) is 29.2 Å². The number of nitrogens with zero attached hydrogens (tertiary/aromatic N) is 3. The number of aliphatic hydroxyl groups is 1. The van der Waals surface area contributed by atoms with E-state index in [9.17, 15) is 24.8 Å². The van der Waals surface area contributed by atoms with Gasteiger partial charge in [-0.2, -0.15) is 0 Å². The van der Waals surface area contributed by atoms with Crippen molar-refractivity contribution in [2.75, 3.05) is 32.8 Å². The lowest BCUT2D eigenvalue weighted by atomic mass is 10.1. The summed E-state index contributed by atoms with van der Waals surface area (Å²) in [6.45, 7) is 0.0495. The van der Waals surface area contributed by atoms with Gasteiger partial charge in [-0.1, -0.05) is 30.3 Å². The fraction of sp³-hybridized carbons (Fsp3) is 0.333. The third kappa shape index (κ3) is 5.71. The van der Waals surface area contributed by atoms with Crippen molar-refractivity contribution in [2.24, 2.45) is 0 Å². The first-order valence-electron chi connectivity index (χ1n) is 13.5. The number of nitro groups is 1. The predicted molar refractivity (Wildman–Crippen MR) is 153 cm³/mol. The van der Waals surface area contributed by atoms with E-state index in [0.717, 1.165) is 10.5 Å². The zero-order valence-corrected chi connectivity index (χ0v) is 23.8. The molecule has 0 spiro atoms. The number of hydrogen-bond donors (Lipinski definition) is 1. The minimum absolute atomic E-state index is 0.0423. The Kier molecular flexibility index (Phi) is 8.53. The summed E-state index contributed by atoms with van der Waals surface area (Å²) in [7, 11) is 4.16. The molecule has 2 aliphatic rings. The lowest BCUT2D eigenvalue weighted by Crippen LogP contribution is -2.50. The molecular weight excluding hydrogens is 562 g/mol. The number of rotatable bonds is 9. The summed E-state index contributed by atoms with van der Waals surface area (Å²) in [5.41, 5.74) is 0.745. The van der Waals surface area contributed by atoms with Crippen LogP contribution >= 0.6 is 0 Å².